The van der Waals surface area contributed by atoms with Gasteiger partial charge in [-0.2, -0.15) is 0 Å². The summed E-state index contributed by atoms with van der Waals surface area (Å²) in [7, 11) is 1.50. The second kappa shape index (κ2) is 9.50. The number of carbonyl (C=O) groups is 3. The Balaban J connectivity index is 1.73. The van der Waals surface area contributed by atoms with E-state index in [9.17, 15) is 19.2 Å². The Morgan fingerprint density at radius 2 is 1.68 bits per heavy atom. The van der Waals surface area contributed by atoms with Crippen LogP contribution in [-0.2, 0) is 11.3 Å². The van der Waals surface area contributed by atoms with Crippen molar-refractivity contribution >= 4 is 34.1 Å². The Hall–Kier alpha value is -4.59. The van der Waals surface area contributed by atoms with Gasteiger partial charge in [-0.25, -0.2) is 0 Å². The zero-order valence-electron chi connectivity index (χ0n) is 18.6. The van der Waals surface area contributed by atoms with Crippen molar-refractivity contribution in [2.24, 2.45) is 0 Å². The number of aromatic nitrogens is 2. The Kier molecular flexibility index (Phi) is 6.31. The number of nitrogens with one attached hydrogen (secondary N) is 1. The quantitative estimate of drug-likeness (QED) is 0.428. The van der Waals surface area contributed by atoms with Gasteiger partial charge in [0.2, 0.25) is 11.3 Å². The molecule has 8 heteroatoms. The molecule has 34 heavy (non-hydrogen) atoms. The minimum absolute atomic E-state index is 0.0533. The fraction of sp³-hybridized carbons (Fsp3) is 0.115. The van der Waals surface area contributed by atoms with Gasteiger partial charge in [-0.15, -0.1) is 0 Å². The van der Waals surface area contributed by atoms with Crippen molar-refractivity contribution in [2.45, 2.75) is 13.5 Å². The number of hydrogen-bond acceptors (Lipinski definition) is 6. The van der Waals surface area contributed by atoms with Crippen molar-refractivity contribution < 1.29 is 19.1 Å². The molecule has 0 aliphatic carbocycles. The average molecular weight is 455 g/mol. The predicted molar refractivity (Wildman–Crippen MR) is 128 cm³/mol. The van der Waals surface area contributed by atoms with E-state index >= 15 is 0 Å². The van der Waals surface area contributed by atoms with E-state index in [0.717, 1.165) is 0 Å². The van der Waals surface area contributed by atoms with Crippen LogP contribution in [0.3, 0.4) is 0 Å². The fourth-order valence-electron chi connectivity index (χ4n) is 3.59. The number of pyridine rings is 2. The lowest BCUT2D eigenvalue weighted by Gasteiger charge is -2.14. The van der Waals surface area contributed by atoms with Crippen LogP contribution >= 0.6 is 0 Å². The van der Waals surface area contributed by atoms with Gasteiger partial charge in [-0.3, -0.25) is 24.2 Å². The summed E-state index contributed by atoms with van der Waals surface area (Å²) in [5.41, 5.74) is 1.35. The molecule has 1 N–H and O–H groups in total. The lowest BCUT2D eigenvalue weighted by Crippen LogP contribution is -2.24. The van der Waals surface area contributed by atoms with E-state index in [1.54, 1.807) is 47.0 Å². The molecule has 2 heterocycles. The van der Waals surface area contributed by atoms with Crippen LogP contribution in [0.5, 0.6) is 5.75 Å². The number of fused-ring (bicyclic) bond motifs is 1. The summed E-state index contributed by atoms with van der Waals surface area (Å²) in [5, 5.41) is 3.06. The minimum Gasteiger partial charge on any atom is -0.497 e. The zero-order chi connectivity index (χ0) is 24.2. The van der Waals surface area contributed by atoms with E-state index in [0.29, 0.717) is 33.5 Å². The predicted octanol–water partition coefficient (Wildman–Crippen LogP) is 3.48. The third kappa shape index (κ3) is 4.61. The number of ketones is 2. The summed E-state index contributed by atoms with van der Waals surface area (Å²) in [6.07, 6.45) is 4.34. The Bertz CT molecular complexity index is 1460. The molecule has 0 aliphatic heterocycles. The second-order valence-corrected chi connectivity index (χ2v) is 7.63. The van der Waals surface area contributed by atoms with Crippen LogP contribution < -0.4 is 15.5 Å². The van der Waals surface area contributed by atoms with Crippen molar-refractivity contribution in [3.63, 3.8) is 0 Å². The van der Waals surface area contributed by atoms with Gasteiger partial charge in [-0.05, 0) is 55.5 Å². The normalized spacial score (nSPS) is 10.6. The van der Waals surface area contributed by atoms with Crippen LogP contribution in [0.15, 0.2) is 78.0 Å². The van der Waals surface area contributed by atoms with Crippen LogP contribution in [0.25, 0.3) is 10.9 Å². The van der Waals surface area contributed by atoms with Crippen LogP contribution in [0.4, 0.5) is 5.69 Å². The maximum Gasteiger partial charge on any atom is 0.244 e. The van der Waals surface area contributed by atoms with E-state index in [1.807, 2.05) is 0 Å². The highest BCUT2D eigenvalue weighted by atomic mass is 16.5. The van der Waals surface area contributed by atoms with Gasteiger partial charge in [0.05, 0.1) is 18.2 Å². The smallest absolute Gasteiger partial charge is 0.244 e. The summed E-state index contributed by atoms with van der Waals surface area (Å²) in [4.78, 5) is 54.4. The highest BCUT2D eigenvalue weighted by molar-refractivity contribution is 6.10. The van der Waals surface area contributed by atoms with E-state index < -0.39 is 11.2 Å². The molecule has 8 nitrogen and oxygen atoms in total. The van der Waals surface area contributed by atoms with E-state index in [1.165, 1.54) is 44.8 Å². The van der Waals surface area contributed by atoms with Gasteiger partial charge in [0, 0.05) is 46.9 Å². The molecule has 0 radical (unpaired) electrons. The average Bonchev–Trinajstić information content (AvgIpc) is 2.85. The highest BCUT2D eigenvalue weighted by Crippen LogP contribution is 2.21. The topological polar surface area (TPSA) is 107 Å². The van der Waals surface area contributed by atoms with Gasteiger partial charge in [0.25, 0.3) is 0 Å². The molecular weight excluding hydrogens is 434 g/mol. The van der Waals surface area contributed by atoms with Crippen molar-refractivity contribution in [3.8, 4) is 5.75 Å². The van der Waals surface area contributed by atoms with Crippen molar-refractivity contribution in [2.75, 3.05) is 12.4 Å². The van der Waals surface area contributed by atoms with Gasteiger partial charge < -0.3 is 14.6 Å². The summed E-state index contributed by atoms with van der Waals surface area (Å²) in [5.74, 6) is -0.392. The van der Waals surface area contributed by atoms with Gasteiger partial charge in [0.15, 0.2) is 11.6 Å². The molecule has 4 aromatic rings. The number of nitrogens with zero attached hydrogens (tertiary/aromatic N) is 2. The molecule has 0 spiro atoms. The number of anilines is 1. The van der Waals surface area contributed by atoms with Crippen LogP contribution in [-0.4, -0.2) is 34.1 Å². The number of benzene rings is 2. The molecule has 0 saturated carbocycles. The molecule has 0 unspecified atom stereocenters. The standard InChI is InChI=1S/C26H21N3O5/c1-16(30)17-3-5-19(6-4-17)28-24(31)15-29-14-22(25(32)18-9-11-27-12-10-18)26(33)21-8-7-20(34-2)13-23(21)29/h3-14H,15H2,1-2H3,(H,28,31). The third-order valence-electron chi connectivity index (χ3n) is 5.36. The van der Waals surface area contributed by atoms with Crippen molar-refractivity contribution in [3.05, 3.63) is 100 Å². The lowest BCUT2D eigenvalue weighted by molar-refractivity contribution is -0.116. The maximum absolute atomic E-state index is 13.1. The summed E-state index contributed by atoms with van der Waals surface area (Å²) in [6, 6.07) is 14.4. The summed E-state index contributed by atoms with van der Waals surface area (Å²) < 4.78 is 6.83. The molecule has 0 aliphatic rings. The monoisotopic (exact) mass is 455 g/mol. The minimum atomic E-state index is -0.459. The molecule has 4 rings (SSSR count). The third-order valence-corrected chi connectivity index (χ3v) is 5.36. The van der Waals surface area contributed by atoms with Crippen molar-refractivity contribution in [1.82, 2.24) is 9.55 Å². The SMILES string of the molecule is COc1ccc2c(=O)c(C(=O)c3ccncc3)cn(CC(=O)Nc3ccc(C(C)=O)cc3)c2c1. The van der Waals surface area contributed by atoms with E-state index in [2.05, 4.69) is 10.3 Å². The first kappa shape index (κ1) is 22.6. The Morgan fingerprint density at radius 3 is 2.32 bits per heavy atom. The van der Waals surface area contributed by atoms with Crippen LogP contribution in [0.1, 0.15) is 33.2 Å². The second-order valence-electron chi connectivity index (χ2n) is 7.63. The number of ether oxygens (including phenoxy) is 1. The summed E-state index contributed by atoms with van der Waals surface area (Å²) in [6.45, 7) is 1.31. The number of rotatable bonds is 7. The molecule has 0 fully saturated rings. The Labute approximate surface area is 194 Å². The first-order valence-electron chi connectivity index (χ1n) is 10.4. The number of methoxy groups -OCH3 is 1. The lowest BCUT2D eigenvalue weighted by atomic mass is 10.0. The van der Waals surface area contributed by atoms with Crippen LogP contribution in [0.2, 0.25) is 0 Å². The zero-order valence-corrected chi connectivity index (χ0v) is 18.6. The fourth-order valence-corrected chi connectivity index (χ4v) is 3.59. The first-order chi connectivity index (χ1) is 16.4. The molecule has 2 aromatic heterocycles. The molecular formula is C26H21N3O5. The molecule has 0 atom stereocenters. The maximum atomic E-state index is 13.1. The highest BCUT2D eigenvalue weighted by Gasteiger charge is 2.19. The molecule has 170 valence electrons. The number of carbonyl (C=O) groups excluding carboxylic acids is 3. The van der Waals surface area contributed by atoms with Crippen LogP contribution in [0, 0.1) is 0 Å². The molecule has 2 aromatic carbocycles. The molecule has 0 saturated heterocycles. The molecule has 0 bridgehead atoms. The summed E-state index contributed by atoms with van der Waals surface area (Å²) >= 11 is 0. The molecule has 1 amide bonds. The van der Waals surface area contributed by atoms with Gasteiger partial charge in [-0.1, -0.05) is 0 Å². The van der Waals surface area contributed by atoms with E-state index in [-0.39, 0.29) is 23.8 Å². The number of hydrogen-bond donors (Lipinski definition) is 1. The first-order valence-corrected chi connectivity index (χ1v) is 10.4. The largest absolute Gasteiger partial charge is 0.497 e. The van der Waals surface area contributed by atoms with Gasteiger partial charge >= 0.3 is 0 Å². The van der Waals surface area contributed by atoms with Crippen molar-refractivity contribution in [1.29, 1.82) is 0 Å². The Morgan fingerprint density at radius 1 is 0.971 bits per heavy atom. The number of Topliss-reactive ketones (excluding diaryl/α,β-unsaturated/α-hetero) is 1. The number of amides is 1. The van der Waals surface area contributed by atoms with Gasteiger partial charge in [0.1, 0.15) is 12.3 Å². The van der Waals surface area contributed by atoms with E-state index in [4.69, 9.17) is 4.74 Å².